The highest BCUT2D eigenvalue weighted by molar-refractivity contribution is 6.02. The van der Waals surface area contributed by atoms with Crippen LogP contribution in [-0.2, 0) is 17.6 Å². The molecule has 0 unspecified atom stereocenters. The summed E-state index contributed by atoms with van der Waals surface area (Å²) in [6.07, 6.45) is 3.35. The molecule has 3 amide bonds. The Morgan fingerprint density at radius 1 is 0.871 bits per heavy atom. The average Bonchev–Trinajstić information content (AvgIpc) is 2.99. The van der Waals surface area contributed by atoms with E-state index >= 15 is 0 Å². The first-order valence-corrected chi connectivity index (χ1v) is 10.7. The number of fused-ring (bicyclic) bond motifs is 1. The number of anilines is 3. The summed E-state index contributed by atoms with van der Waals surface area (Å²) in [4.78, 5) is 27.1. The van der Waals surface area contributed by atoms with E-state index < -0.39 is 0 Å². The SMILES string of the molecule is Cc1ccccc1NC(=O)Cc1ccc(NC(=O)N2CCCCc3ccccc32)cc1. The van der Waals surface area contributed by atoms with Crippen LogP contribution < -0.4 is 15.5 Å². The van der Waals surface area contributed by atoms with Gasteiger partial charge in [-0.25, -0.2) is 4.79 Å². The monoisotopic (exact) mass is 413 g/mol. The van der Waals surface area contributed by atoms with Crippen LogP contribution in [0.25, 0.3) is 0 Å². The van der Waals surface area contributed by atoms with Gasteiger partial charge in [-0.1, -0.05) is 48.5 Å². The molecule has 3 aromatic carbocycles. The third kappa shape index (κ3) is 5.12. The average molecular weight is 414 g/mol. The summed E-state index contributed by atoms with van der Waals surface area (Å²) < 4.78 is 0. The van der Waals surface area contributed by atoms with E-state index in [1.165, 1.54) is 5.56 Å². The van der Waals surface area contributed by atoms with Gasteiger partial charge in [0.15, 0.2) is 0 Å². The third-order valence-electron chi connectivity index (χ3n) is 5.59. The van der Waals surface area contributed by atoms with Crippen LogP contribution in [0, 0.1) is 6.92 Å². The van der Waals surface area contributed by atoms with Crippen molar-refractivity contribution < 1.29 is 9.59 Å². The van der Waals surface area contributed by atoms with Gasteiger partial charge in [0.2, 0.25) is 5.91 Å². The number of hydrogen-bond donors (Lipinski definition) is 2. The molecule has 0 aliphatic carbocycles. The van der Waals surface area contributed by atoms with Gasteiger partial charge in [0.1, 0.15) is 0 Å². The zero-order valence-corrected chi connectivity index (χ0v) is 17.7. The maximum atomic E-state index is 12.9. The van der Waals surface area contributed by atoms with Crippen molar-refractivity contribution >= 4 is 29.0 Å². The van der Waals surface area contributed by atoms with Crippen molar-refractivity contribution in [2.24, 2.45) is 0 Å². The van der Waals surface area contributed by atoms with Crippen LogP contribution in [-0.4, -0.2) is 18.5 Å². The number of nitrogens with zero attached hydrogens (tertiary/aromatic N) is 1. The zero-order valence-electron chi connectivity index (χ0n) is 17.7. The van der Waals surface area contributed by atoms with Crippen molar-refractivity contribution in [3.05, 3.63) is 89.5 Å². The summed E-state index contributed by atoms with van der Waals surface area (Å²) in [6, 6.07) is 23.1. The molecule has 1 aliphatic rings. The minimum absolute atomic E-state index is 0.0627. The molecule has 2 N–H and O–H groups in total. The first-order chi connectivity index (χ1) is 15.1. The molecule has 0 radical (unpaired) electrons. The van der Waals surface area contributed by atoms with Crippen molar-refractivity contribution in [2.75, 3.05) is 22.1 Å². The van der Waals surface area contributed by atoms with E-state index in [0.717, 1.165) is 47.5 Å². The Morgan fingerprint density at radius 3 is 2.42 bits per heavy atom. The molecule has 1 aliphatic heterocycles. The number of rotatable bonds is 4. The van der Waals surface area contributed by atoms with E-state index in [-0.39, 0.29) is 18.4 Å². The first kappa shape index (κ1) is 20.7. The minimum atomic E-state index is -0.126. The van der Waals surface area contributed by atoms with Crippen LogP contribution in [0.2, 0.25) is 0 Å². The molecular formula is C26H27N3O2. The zero-order chi connectivity index (χ0) is 21.6. The van der Waals surface area contributed by atoms with Gasteiger partial charge in [0.05, 0.1) is 6.42 Å². The van der Waals surface area contributed by atoms with Crippen molar-refractivity contribution in [2.45, 2.75) is 32.6 Å². The van der Waals surface area contributed by atoms with Crippen molar-refractivity contribution in [1.82, 2.24) is 0 Å². The van der Waals surface area contributed by atoms with Crippen LogP contribution in [0.3, 0.4) is 0 Å². The molecule has 31 heavy (non-hydrogen) atoms. The van der Waals surface area contributed by atoms with Gasteiger partial charge in [-0.15, -0.1) is 0 Å². The van der Waals surface area contributed by atoms with Crippen LogP contribution in [0.4, 0.5) is 21.9 Å². The van der Waals surface area contributed by atoms with Gasteiger partial charge < -0.3 is 10.6 Å². The van der Waals surface area contributed by atoms with Gasteiger partial charge in [-0.3, -0.25) is 9.69 Å². The number of para-hydroxylation sites is 2. The molecule has 5 heteroatoms. The van der Waals surface area contributed by atoms with Crippen molar-refractivity contribution in [1.29, 1.82) is 0 Å². The van der Waals surface area contributed by atoms with E-state index in [1.807, 2.05) is 78.6 Å². The lowest BCUT2D eigenvalue weighted by Crippen LogP contribution is -2.35. The topological polar surface area (TPSA) is 61.4 Å². The molecule has 0 bridgehead atoms. The van der Waals surface area contributed by atoms with E-state index in [1.54, 1.807) is 0 Å². The number of amides is 3. The number of nitrogens with one attached hydrogen (secondary N) is 2. The summed E-state index contributed by atoms with van der Waals surface area (Å²) in [5.74, 6) is -0.0627. The van der Waals surface area contributed by atoms with Crippen LogP contribution in [0.5, 0.6) is 0 Å². The normalized spacial score (nSPS) is 13.1. The number of aryl methyl sites for hydroxylation is 2. The summed E-state index contributed by atoms with van der Waals surface area (Å²) >= 11 is 0. The fourth-order valence-corrected chi connectivity index (χ4v) is 3.89. The van der Waals surface area contributed by atoms with Crippen LogP contribution in [0.15, 0.2) is 72.8 Å². The Balaban J connectivity index is 1.38. The maximum Gasteiger partial charge on any atom is 0.326 e. The summed E-state index contributed by atoms with van der Waals surface area (Å²) in [6.45, 7) is 2.68. The predicted octanol–water partition coefficient (Wildman–Crippen LogP) is 5.55. The van der Waals surface area contributed by atoms with Crippen LogP contribution in [0.1, 0.15) is 29.5 Å². The molecule has 1 heterocycles. The number of benzene rings is 3. The van der Waals surface area contributed by atoms with E-state index in [2.05, 4.69) is 16.7 Å². The lowest BCUT2D eigenvalue weighted by atomic mass is 10.1. The van der Waals surface area contributed by atoms with Gasteiger partial charge in [-0.05, 0) is 67.1 Å². The van der Waals surface area contributed by atoms with E-state index in [4.69, 9.17) is 0 Å². The second-order valence-electron chi connectivity index (χ2n) is 7.90. The minimum Gasteiger partial charge on any atom is -0.326 e. The molecule has 3 aromatic rings. The third-order valence-corrected chi connectivity index (χ3v) is 5.59. The van der Waals surface area contributed by atoms with E-state index in [0.29, 0.717) is 6.54 Å². The predicted molar refractivity (Wildman–Crippen MR) is 126 cm³/mol. The molecule has 0 aromatic heterocycles. The number of carbonyl (C=O) groups excluding carboxylic acids is 2. The van der Waals surface area contributed by atoms with Gasteiger partial charge >= 0.3 is 6.03 Å². The molecular weight excluding hydrogens is 386 g/mol. The number of urea groups is 1. The highest BCUT2D eigenvalue weighted by Crippen LogP contribution is 2.27. The quantitative estimate of drug-likeness (QED) is 0.589. The van der Waals surface area contributed by atoms with Crippen molar-refractivity contribution in [3.63, 3.8) is 0 Å². The fraction of sp³-hybridized carbons (Fsp3) is 0.231. The molecule has 0 atom stereocenters. The Morgan fingerprint density at radius 2 is 1.61 bits per heavy atom. The molecule has 0 saturated carbocycles. The molecule has 0 spiro atoms. The molecule has 0 fully saturated rings. The van der Waals surface area contributed by atoms with Gasteiger partial charge in [0, 0.05) is 23.6 Å². The summed E-state index contributed by atoms with van der Waals surface area (Å²) in [5, 5.41) is 5.94. The maximum absolute atomic E-state index is 12.9. The Labute approximate surface area is 183 Å². The van der Waals surface area contributed by atoms with Crippen molar-refractivity contribution in [3.8, 4) is 0 Å². The fourth-order valence-electron chi connectivity index (χ4n) is 3.89. The first-order valence-electron chi connectivity index (χ1n) is 10.7. The molecule has 4 rings (SSSR count). The van der Waals surface area contributed by atoms with Crippen LogP contribution >= 0.6 is 0 Å². The Bertz CT molecular complexity index is 1080. The number of hydrogen-bond acceptors (Lipinski definition) is 2. The molecule has 0 saturated heterocycles. The Hall–Kier alpha value is -3.60. The largest absolute Gasteiger partial charge is 0.326 e. The van der Waals surface area contributed by atoms with Gasteiger partial charge in [0.25, 0.3) is 0 Å². The smallest absolute Gasteiger partial charge is 0.326 e. The Kier molecular flexibility index (Phi) is 6.32. The second kappa shape index (κ2) is 9.47. The standard InChI is InChI=1S/C26H27N3O2/c1-19-8-2-4-11-23(19)28-25(30)18-20-13-15-22(16-14-20)27-26(31)29-17-7-6-10-21-9-3-5-12-24(21)29/h2-5,8-9,11-16H,6-7,10,17-18H2,1H3,(H,27,31)(H,28,30). The molecule has 158 valence electrons. The summed E-state index contributed by atoms with van der Waals surface area (Å²) in [7, 11) is 0. The van der Waals surface area contributed by atoms with E-state index in [9.17, 15) is 9.59 Å². The second-order valence-corrected chi connectivity index (χ2v) is 7.90. The summed E-state index contributed by atoms with van der Waals surface area (Å²) in [5.41, 5.74) is 5.67. The lowest BCUT2D eigenvalue weighted by Gasteiger charge is -2.23. The highest BCUT2D eigenvalue weighted by atomic mass is 16.2. The molecule has 5 nitrogen and oxygen atoms in total. The lowest BCUT2D eigenvalue weighted by molar-refractivity contribution is -0.115. The van der Waals surface area contributed by atoms with Gasteiger partial charge in [-0.2, -0.15) is 0 Å². The number of carbonyl (C=O) groups is 2. The highest BCUT2D eigenvalue weighted by Gasteiger charge is 2.20.